The molecule has 1 aromatic carbocycles. The second-order valence-electron chi connectivity index (χ2n) is 4.20. The van der Waals surface area contributed by atoms with Crippen molar-refractivity contribution >= 4 is 12.0 Å². The van der Waals surface area contributed by atoms with Gasteiger partial charge in [-0.15, -0.1) is 0 Å². The van der Waals surface area contributed by atoms with Gasteiger partial charge in [-0.1, -0.05) is 17.7 Å². The highest BCUT2D eigenvalue weighted by Gasteiger charge is 2.11. The van der Waals surface area contributed by atoms with Crippen molar-refractivity contribution in [1.82, 2.24) is 0 Å². The van der Waals surface area contributed by atoms with Crippen molar-refractivity contribution in [1.29, 1.82) is 5.26 Å². The van der Waals surface area contributed by atoms with Crippen LogP contribution in [0.3, 0.4) is 0 Å². The van der Waals surface area contributed by atoms with Crippen molar-refractivity contribution in [3.8, 4) is 6.07 Å². The molecule has 0 aliphatic carbocycles. The van der Waals surface area contributed by atoms with Gasteiger partial charge in [-0.3, -0.25) is 0 Å². The Hall–Kier alpha value is -2.08. The van der Waals surface area contributed by atoms with Gasteiger partial charge < -0.3 is 4.74 Å². The lowest BCUT2D eigenvalue weighted by molar-refractivity contribution is -0.137. The minimum atomic E-state index is -0.570. The van der Waals surface area contributed by atoms with Gasteiger partial charge in [-0.25, -0.2) is 4.79 Å². The standard InChI is InChI=1S/C15H17NO2/c1-5-18-15(17)13(9-16)8-14-11(3)6-10(2)7-12(14)4/h6-8H,5H2,1-4H3. The van der Waals surface area contributed by atoms with Crippen LogP contribution in [0.4, 0.5) is 0 Å². The number of aryl methyl sites for hydroxylation is 3. The molecule has 94 valence electrons. The first-order chi connectivity index (χ1) is 8.49. The highest BCUT2D eigenvalue weighted by atomic mass is 16.5. The number of benzene rings is 1. The van der Waals surface area contributed by atoms with Crippen LogP contribution in [0.5, 0.6) is 0 Å². The lowest BCUT2D eigenvalue weighted by atomic mass is 9.98. The number of carbonyl (C=O) groups excluding carboxylic acids is 1. The molecule has 3 heteroatoms. The van der Waals surface area contributed by atoms with Gasteiger partial charge in [0, 0.05) is 0 Å². The van der Waals surface area contributed by atoms with Gasteiger partial charge in [0.1, 0.15) is 11.6 Å². The average molecular weight is 243 g/mol. The summed E-state index contributed by atoms with van der Waals surface area (Å²) < 4.78 is 4.84. The summed E-state index contributed by atoms with van der Waals surface area (Å²) in [5, 5.41) is 9.00. The third kappa shape index (κ3) is 3.21. The molecule has 0 aliphatic rings. The highest BCUT2D eigenvalue weighted by molar-refractivity contribution is 5.98. The van der Waals surface area contributed by atoms with Crippen LogP contribution < -0.4 is 0 Å². The van der Waals surface area contributed by atoms with Crippen molar-refractivity contribution < 1.29 is 9.53 Å². The molecule has 0 heterocycles. The van der Waals surface area contributed by atoms with Crippen LogP contribution in [-0.4, -0.2) is 12.6 Å². The van der Waals surface area contributed by atoms with Gasteiger partial charge >= 0.3 is 5.97 Å². The van der Waals surface area contributed by atoms with E-state index in [9.17, 15) is 4.79 Å². The number of hydrogen-bond donors (Lipinski definition) is 0. The van der Waals surface area contributed by atoms with E-state index in [0.29, 0.717) is 0 Å². The highest BCUT2D eigenvalue weighted by Crippen LogP contribution is 2.19. The van der Waals surface area contributed by atoms with Crippen molar-refractivity contribution in [2.75, 3.05) is 6.61 Å². The van der Waals surface area contributed by atoms with E-state index in [2.05, 4.69) is 0 Å². The zero-order valence-electron chi connectivity index (χ0n) is 11.2. The SMILES string of the molecule is CCOC(=O)C(C#N)=Cc1c(C)cc(C)cc1C. The third-order valence-electron chi connectivity index (χ3n) is 2.64. The molecule has 3 nitrogen and oxygen atoms in total. The Morgan fingerprint density at radius 1 is 1.33 bits per heavy atom. The lowest BCUT2D eigenvalue weighted by Gasteiger charge is -2.08. The summed E-state index contributed by atoms with van der Waals surface area (Å²) in [6.07, 6.45) is 1.60. The van der Waals surface area contributed by atoms with E-state index in [4.69, 9.17) is 10.00 Å². The second-order valence-corrected chi connectivity index (χ2v) is 4.20. The Morgan fingerprint density at radius 3 is 2.33 bits per heavy atom. The van der Waals surface area contributed by atoms with E-state index < -0.39 is 5.97 Å². The van der Waals surface area contributed by atoms with Gasteiger partial charge in [0.2, 0.25) is 0 Å². The van der Waals surface area contributed by atoms with Gasteiger partial charge in [0.15, 0.2) is 0 Å². The van der Waals surface area contributed by atoms with E-state index in [0.717, 1.165) is 22.3 Å². The Labute approximate surface area is 108 Å². The number of carbonyl (C=O) groups is 1. The average Bonchev–Trinajstić information content (AvgIpc) is 2.28. The monoisotopic (exact) mass is 243 g/mol. The molecule has 0 fully saturated rings. The number of esters is 1. The normalized spacial score (nSPS) is 10.9. The molecule has 0 saturated heterocycles. The van der Waals surface area contributed by atoms with Crippen LogP contribution in [-0.2, 0) is 9.53 Å². The molecule has 0 atom stereocenters. The van der Waals surface area contributed by atoms with Crippen LogP contribution in [0.1, 0.15) is 29.2 Å². The Balaban J connectivity index is 3.23. The third-order valence-corrected chi connectivity index (χ3v) is 2.64. The molecule has 0 N–H and O–H groups in total. The van der Waals surface area contributed by atoms with Crippen molar-refractivity contribution in [2.24, 2.45) is 0 Å². The molecule has 0 amide bonds. The first-order valence-electron chi connectivity index (χ1n) is 5.86. The van der Waals surface area contributed by atoms with Crippen LogP contribution in [0.2, 0.25) is 0 Å². The zero-order valence-corrected chi connectivity index (χ0v) is 11.2. The summed E-state index contributed by atoms with van der Waals surface area (Å²) in [5.41, 5.74) is 4.20. The predicted octanol–water partition coefficient (Wildman–Crippen LogP) is 3.08. The molecule has 0 radical (unpaired) electrons. The molecular weight excluding hydrogens is 226 g/mol. The van der Waals surface area contributed by atoms with Gasteiger partial charge in [0.25, 0.3) is 0 Å². The molecule has 0 aromatic heterocycles. The largest absolute Gasteiger partial charge is 0.462 e. The Kier molecular flexibility index (Phi) is 4.67. The Bertz CT molecular complexity index is 513. The maximum atomic E-state index is 11.6. The van der Waals surface area contributed by atoms with Crippen LogP contribution in [0, 0.1) is 32.1 Å². The summed E-state index contributed by atoms with van der Waals surface area (Å²) in [6, 6.07) is 5.94. The second kappa shape index (κ2) is 6.02. The molecule has 0 aliphatic heterocycles. The quantitative estimate of drug-likeness (QED) is 0.465. The van der Waals surface area contributed by atoms with Gasteiger partial charge in [-0.2, -0.15) is 5.26 Å². The first-order valence-corrected chi connectivity index (χ1v) is 5.86. The van der Waals surface area contributed by atoms with Gasteiger partial charge in [-0.05, 0) is 50.5 Å². The van der Waals surface area contributed by atoms with Crippen molar-refractivity contribution in [3.63, 3.8) is 0 Å². The first kappa shape index (κ1) is 14.0. The predicted molar refractivity (Wildman–Crippen MR) is 70.9 cm³/mol. The summed E-state index contributed by atoms with van der Waals surface area (Å²) in [6.45, 7) is 7.93. The number of hydrogen-bond acceptors (Lipinski definition) is 3. The fourth-order valence-corrected chi connectivity index (χ4v) is 1.91. The topological polar surface area (TPSA) is 50.1 Å². The van der Waals surface area contributed by atoms with Crippen molar-refractivity contribution in [2.45, 2.75) is 27.7 Å². The number of nitrogens with zero attached hydrogens (tertiary/aromatic N) is 1. The molecule has 0 saturated carbocycles. The number of ether oxygens (including phenoxy) is 1. The molecular formula is C15H17NO2. The summed E-state index contributed by atoms with van der Waals surface area (Å²) in [5.74, 6) is -0.570. The molecule has 0 bridgehead atoms. The van der Waals surface area contributed by atoms with E-state index in [1.54, 1.807) is 13.0 Å². The maximum absolute atomic E-state index is 11.6. The minimum absolute atomic E-state index is 0.0342. The summed E-state index contributed by atoms with van der Waals surface area (Å²) in [7, 11) is 0. The van der Waals surface area contributed by atoms with Crippen LogP contribution in [0.25, 0.3) is 6.08 Å². The number of nitriles is 1. The molecule has 1 aromatic rings. The molecule has 18 heavy (non-hydrogen) atoms. The molecule has 0 unspecified atom stereocenters. The van der Waals surface area contributed by atoms with E-state index in [1.165, 1.54) is 0 Å². The zero-order chi connectivity index (χ0) is 13.7. The van der Waals surface area contributed by atoms with Crippen LogP contribution >= 0.6 is 0 Å². The smallest absolute Gasteiger partial charge is 0.348 e. The van der Waals surface area contributed by atoms with Gasteiger partial charge in [0.05, 0.1) is 6.61 Å². The van der Waals surface area contributed by atoms with Crippen LogP contribution in [0.15, 0.2) is 17.7 Å². The fraction of sp³-hybridized carbons (Fsp3) is 0.333. The molecule has 1 rings (SSSR count). The minimum Gasteiger partial charge on any atom is -0.462 e. The van der Waals surface area contributed by atoms with E-state index in [1.807, 2.05) is 39.0 Å². The summed E-state index contributed by atoms with van der Waals surface area (Å²) >= 11 is 0. The van der Waals surface area contributed by atoms with Crippen molar-refractivity contribution in [3.05, 3.63) is 40.0 Å². The summed E-state index contributed by atoms with van der Waals surface area (Å²) in [4.78, 5) is 11.6. The Morgan fingerprint density at radius 2 is 1.89 bits per heavy atom. The van der Waals surface area contributed by atoms with E-state index in [-0.39, 0.29) is 12.2 Å². The maximum Gasteiger partial charge on any atom is 0.348 e. The fourth-order valence-electron chi connectivity index (χ4n) is 1.91. The lowest BCUT2D eigenvalue weighted by Crippen LogP contribution is -2.06. The molecule has 0 spiro atoms. The van der Waals surface area contributed by atoms with E-state index >= 15 is 0 Å². The number of rotatable bonds is 3.